The Labute approximate surface area is 114 Å². The molecule has 0 saturated heterocycles. The van der Waals surface area contributed by atoms with Gasteiger partial charge in [-0.25, -0.2) is 4.79 Å². The molecule has 0 spiro atoms. The van der Waals surface area contributed by atoms with Crippen LogP contribution in [0.1, 0.15) is 12.6 Å². The molecule has 1 N–H and O–H groups in total. The third-order valence-electron chi connectivity index (χ3n) is 2.24. The van der Waals surface area contributed by atoms with Gasteiger partial charge in [0.15, 0.2) is 6.10 Å². The number of carbonyl (C=O) groups is 2. The van der Waals surface area contributed by atoms with Gasteiger partial charge in [0.1, 0.15) is 5.69 Å². The molecule has 0 aliphatic carbocycles. The summed E-state index contributed by atoms with van der Waals surface area (Å²) in [7, 11) is 1.10. The highest BCUT2D eigenvalue weighted by atomic mass is 16.6. The molecule has 0 unspecified atom stereocenters. The van der Waals surface area contributed by atoms with Gasteiger partial charge in [0.2, 0.25) is 5.75 Å². The molecule has 1 rings (SSSR count). The second kappa shape index (κ2) is 6.45. The number of amides is 2. The van der Waals surface area contributed by atoms with Gasteiger partial charge in [-0.15, -0.1) is 0 Å². The maximum Gasteiger partial charge on any atom is 0.413 e. The number of pyridine rings is 1. The zero-order valence-corrected chi connectivity index (χ0v) is 11.1. The zero-order valence-electron chi connectivity index (χ0n) is 11.1. The minimum Gasteiger partial charge on any atom is -0.473 e. The van der Waals surface area contributed by atoms with E-state index in [0.717, 1.165) is 7.11 Å². The number of alkyl carbamates (subject to hydrolysis) is 1. The van der Waals surface area contributed by atoms with Crippen molar-refractivity contribution in [3.8, 4) is 5.75 Å². The summed E-state index contributed by atoms with van der Waals surface area (Å²) < 4.78 is 9.40. The first-order valence-electron chi connectivity index (χ1n) is 5.52. The molecule has 0 fully saturated rings. The van der Waals surface area contributed by atoms with E-state index in [1.807, 2.05) is 5.32 Å². The average Bonchev–Trinajstić information content (AvgIpc) is 2.40. The topological polar surface area (TPSA) is 121 Å². The first-order valence-corrected chi connectivity index (χ1v) is 5.52. The lowest BCUT2D eigenvalue weighted by Crippen LogP contribution is -2.40. The molecule has 9 nitrogen and oxygen atoms in total. The molecule has 0 aliphatic rings. The van der Waals surface area contributed by atoms with Crippen molar-refractivity contribution in [3.05, 3.63) is 27.9 Å². The van der Waals surface area contributed by atoms with Gasteiger partial charge >= 0.3 is 11.9 Å². The van der Waals surface area contributed by atoms with Gasteiger partial charge in [-0.1, -0.05) is 0 Å². The number of aromatic nitrogens is 1. The van der Waals surface area contributed by atoms with E-state index in [0.29, 0.717) is 5.69 Å². The summed E-state index contributed by atoms with van der Waals surface area (Å²) >= 11 is 0. The Bertz CT molecular complexity index is 545. The molecule has 0 aromatic carbocycles. The van der Waals surface area contributed by atoms with Crippen LogP contribution in [-0.4, -0.2) is 35.1 Å². The van der Waals surface area contributed by atoms with Crippen LogP contribution in [-0.2, 0) is 9.53 Å². The van der Waals surface area contributed by atoms with Crippen LogP contribution in [0.3, 0.4) is 0 Å². The Morgan fingerprint density at radius 2 is 2.10 bits per heavy atom. The van der Waals surface area contributed by atoms with E-state index in [1.54, 1.807) is 6.92 Å². The number of carbonyl (C=O) groups excluding carboxylic acids is 2. The lowest BCUT2D eigenvalue weighted by molar-refractivity contribution is -0.390. The van der Waals surface area contributed by atoms with Crippen molar-refractivity contribution in [1.29, 1.82) is 0 Å². The first-order chi connectivity index (χ1) is 9.35. The van der Waals surface area contributed by atoms with E-state index in [1.165, 1.54) is 19.1 Å². The molecule has 9 heteroatoms. The normalized spacial score (nSPS) is 11.3. The smallest absolute Gasteiger partial charge is 0.413 e. The van der Waals surface area contributed by atoms with Crippen LogP contribution in [0.4, 0.5) is 10.6 Å². The van der Waals surface area contributed by atoms with E-state index in [9.17, 15) is 19.7 Å². The fourth-order valence-electron chi connectivity index (χ4n) is 1.25. The van der Waals surface area contributed by atoms with Crippen molar-refractivity contribution in [2.45, 2.75) is 20.0 Å². The lowest BCUT2D eigenvalue weighted by atomic mass is 10.3. The molecule has 1 heterocycles. The van der Waals surface area contributed by atoms with Crippen molar-refractivity contribution in [1.82, 2.24) is 10.3 Å². The van der Waals surface area contributed by atoms with Gasteiger partial charge in [-0.2, -0.15) is 0 Å². The molecular weight excluding hydrogens is 270 g/mol. The van der Waals surface area contributed by atoms with Crippen LogP contribution in [0.5, 0.6) is 5.75 Å². The third kappa shape index (κ3) is 3.90. The fourth-order valence-corrected chi connectivity index (χ4v) is 1.25. The standard InChI is InChI=1S/C11H13N3O6/c1-6-4-5-8(9(12-6)14(17)18)20-7(2)10(15)13-11(16)19-3/h4-5,7H,1-3H3,(H,13,15,16)/t7-/m0/s1. The summed E-state index contributed by atoms with van der Waals surface area (Å²) in [6.45, 7) is 2.92. The van der Waals surface area contributed by atoms with Crippen LogP contribution in [0, 0.1) is 17.0 Å². The van der Waals surface area contributed by atoms with E-state index in [2.05, 4.69) is 9.72 Å². The number of nitro groups is 1. The molecule has 20 heavy (non-hydrogen) atoms. The summed E-state index contributed by atoms with van der Waals surface area (Å²) in [6, 6.07) is 2.84. The Morgan fingerprint density at radius 1 is 1.45 bits per heavy atom. The minimum absolute atomic E-state index is 0.159. The molecule has 1 aromatic heterocycles. The van der Waals surface area contributed by atoms with Crippen molar-refractivity contribution in [2.75, 3.05) is 7.11 Å². The highest BCUT2D eigenvalue weighted by Gasteiger charge is 2.23. The summed E-state index contributed by atoms with van der Waals surface area (Å²) in [5.74, 6) is -1.44. The van der Waals surface area contributed by atoms with Crippen LogP contribution in [0.25, 0.3) is 0 Å². The largest absolute Gasteiger partial charge is 0.473 e. The molecule has 0 radical (unpaired) electrons. The number of ether oxygens (including phenoxy) is 2. The van der Waals surface area contributed by atoms with Crippen molar-refractivity contribution < 1.29 is 24.0 Å². The number of rotatable bonds is 4. The number of methoxy groups -OCH3 is 1. The molecule has 2 amide bonds. The fraction of sp³-hybridized carbons (Fsp3) is 0.364. The second-order valence-corrected chi connectivity index (χ2v) is 3.77. The van der Waals surface area contributed by atoms with E-state index in [4.69, 9.17) is 4.74 Å². The number of hydrogen-bond acceptors (Lipinski definition) is 7. The molecule has 0 aliphatic heterocycles. The van der Waals surface area contributed by atoms with Crippen molar-refractivity contribution in [2.24, 2.45) is 0 Å². The molecule has 1 atom stereocenters. The van der Waals surface area contributed by atoms with Gasteiger partial charge in [0, 0.05) is 6.92 Å². The van der Waals surface area contributed by atoms with Gasteiger partial charge in [-0.3, -0.25) is 10.1 Å². The first kappa shape index (κ1) is 15.3. The van der Waals surface area contributed by atoms with E-state index in [-0.39, 0.29) is 5.75 Å². The molecular formula is C11H13N3O6. The van der Waals surface area contributed by atoms with Gasteiger partial charge < -0.3 is 19.6 Å². The highest BCUT2D eigenvalue weighted by Crippen LogP contribution is 2.25. The highest BCUT2D eigenvalue weighted by molar-refractivity contribution is 5.94. The van der Waals surface area contributed by atoms with Crippen molar-refractivity contribution in [3.63, 3.8) is 0 Å². The maximum absolute atomic E-state index is 11.5. The minimum atomic E-state index is -1.13. The predicted molar refractivity (Wildman–Crippen MR) is 66.3 cm³/mol. The quantitative estimate of drug-likeness (QED) is 0.644. The van der Waals surface area contributed by atoms with Crippen LogP contribution >= 0.6 is 0 Å². The van der Waals surface area contributed by atoms with Gasteiger partial charge in [0.05, 0.1) is 7.11 Å². The summed E-state index contributed by atoms with van der Waals surface area (Å²) in [6.07, 6.45) is -2.07. The predicted octanol–water partition coefficient (Wildman–Crippen LogP) is 0.948. The third-order valence-corrected chi connectivity index (χ3v) is 2.24. The van der Waals surface area contributed by atoms with Gasteiger partial charge in [-0.05, 0) is 29.0 Å². The van der Waals surface area contributed by atoms with Crippen LogP contribution in [0.15, 0.2) is 12.1 Å². The molecule has 0 bridgehead atoms. The molecule has 0 saturated carbocycles. The average molecular weight is 283 g/mol. The van der Waals surface area contributed by atoms with Gasteiger partial charge in [0.25, 0.3) is 5.91 Å². The maximum atomic E-state index is 11.5. The number of aryl methyl sites for hydroxylation is 1. The summed E-state index contributed by atoms with van der Waals surface area (Å²) in [4.78, 5) is 36.2. The second-order valence-electron chi connectivity index (χ2n) is 3.77. The Hall–Kier alpha value is -2.71. The SMILES string of the molecule is COC(=O)NC(=O)[C@H](C)Oc1ccc(C)nc1[N+](=O)[O-]. The van der Waals surface area contributed by atoms with Crippen molar-refractivity contribution >= 4 is 17.8 Å². The number of hydrogen-bond donors (Lipinski definition) is 1. The van der Waals surface area contributed by atoms with Crippen LogP contribution in [0.2, 0.25) is 0 Å². The molecule has 1 aromatic rings. The Morgan fingerprint density at radius 3 is 2.65 bits per heavy atom. The van der Waals surface area contributed by atoms with E-state index < -0.39 is 28.8 Å². The molecule has 108 valence electrons. The monoisotopic (exact) mass is 283 g/mol. The number of nitrogens with one attached hydrogen (secondary N) is 1. The Kier molecular flexibility index (Phi) is 4.95. The zero-order chi connectivity index (χ0) is 15.3. The van der Waals surface area contributed by atoms with E-state index >= 15 is 0 Å². The number of nitrogens with zero attached hydrogens (tertiary/aromatic N) is 2. The lowest BCUT2D eigenvalue weighted by Gasteiger charge is -2.13. The summed E-state index contributed by atoms with van der Waals surface area (Å²) in [5.41, 5.74) is 0.440. The number of imide groups is 1. The summed E-state index contributed by atoms with van der Waals surface area (Å²) in [5, 5.41) is 12.7. The Balaban J connectivity index is 2.85. The van der Waals surface area contributed by atoms with Crippen LogP contribution < -0.4 is 10.1 Å².